The summed E-state index contributed by atoms with van der Waals surface area (Å²) in [4.78, 5) is 30.4. The molecule has 28 heavy (non-hydrogen) atoms. The summed E-state index contributed by atoms with van der Waals surface area (Å²) >= 11 is 1.64. The zero-order chi connectivity index (χ0) is 19.7. The molecule has 4 rings (SSSR count). The molecular weight excluding hydrogens is 376 g/mol. The first kappa shape index (κ1) is 18.4. The number of carboxylic acid groups (broad SMARTS) is 1. The lowest BCUT2D eigenvalue weighted by Gasteiger charge is -2.32. The molecule has 1 aromatic carbocycles. The smallest absolute Gasteiger partial charge is 0.339 e. The van der Waals surface area contributed by atoms with E-state index in [0.29, 0.717) is 23.7 Å². The van der Waals surface area contributed by atoms with Crippen LogP contribution in [0.3, 0.4) is 0 Å². The van der Waals surface area contributed by atoms with Gasteiger partial charge in [-0.3, -0.25) is 4.79 Å². The Bertz CT molecular complexity index is 995. The Hall–Kier alpha value is -3.00. The molecule has 8 heteroatoms. The van der Waals surface area contributed by atoms with Crippen LogP contribution in [0.1, 0.15) is 50.2 Å². The van der Waals surface area contributed by atoms with Gasteiger partial charge in [-0.05, 0) is 44.0 Å². The molecule has 1 N–H and O–H groups in total. The number of hydrogen-bond acceptors (Lipinski definition) is 5. The average molecular weight is 396 g/mol. The molecule has 3 aromatic rings. The van der Waals surface area contributed by atoms with Crippen molar-refractivity contribution in [2.24, 2.45) is 0 Å². The summed E-state index contributed by atoms with van der Waals surface area (Å²) in [6.45, 7) is 3.15. The molecule has 1 amide bonds. The van der Waals surface area contributed by atoms with E-state index in [1.165, 1.54) is 6.20 Å². The highest BCUT2D eigenvalue weighted by Gasteiger charge is 2.27. The van der Waals surface area contributed by atoms with Gasteiger partial charge in [0, 0.05) is 36.1 Å². The van der Waals surface area contributed by atoms with Crippen LogP contribution in [-0.2, 0) is 0 Å². The molecule has 1 saturated heterocycles. The molecule has 1 aliphatic rings. The van der Waals surface area contributed by atoms with Crippen molar-refractivity contribution < 1.29 is 14.7 Å². The lowest BCUT2D eigenvalue weighted by molar-refractivity contribution is 0.0691. The number of benzene rings is 1. The molecular formula is C20H20N4O3S. The van der Waals surface area contributed by atoms with Crippen LogP contribution in [0.4, 0.5) is 0 Å². The fraction of sp³-hybridized carbons (Fsp3) is 0.300. The van der Waals surface area contributed by atoms with Crippen LogP contribution in [0.2, 0.25) is 0 Å². The molecule has 0 radical (unpaired) electrons. The van der Waals surface area contributed by atoms with E-state index in [4.69, 9.17) is 5.11 Å². The highest BCUT2D eigenvalue weighted by Crippen LogP contribution is 2.29. The fourth-order valence-electron chi connectivity index (χ4n) is 3.61. The predicted octanol–water partition coefficient (Wildman–Crippen LogP) is 3.36. The Morgan fingerprint density at radius 3 is 2.68 bits per heavy atom. The maximum absolute atomic E-state index is 12.9. The van der Waals surface area contributed by atoms with Gasteiger partial charge in [0.25, 0.3) is 5.91 Å². The molecule has 3 heterocycles. The van der Waals surface area contributed by atoms with Crippen molar-refractivity contribution in [1.82, 2.24) is 19.7 Å². The number of aromatic carboxylic acids is 1. The molecule has 0 aliphatic carbocycles. The zero-order valence-corrected chi connectivity index (χ0v) is 16.2. The minimum atomic E-state index is -1.00. The number of aromatic nitrogens is 3. The summed E-state index contributed by atoms with van der Waals surface area (Å²) in [7, 11) is 0. The van der Waals surface area contributed by atoms with Gasteiger partial charge in [-0.15, -0.1) is 11.3 Å². The predicted molar refractivity (Wildman–Crippen MR) is 105 cm³/mol. The van der Waals surface area contributed by atoms with Crippen molar-refractivity contribution >= 4 is 23.2 Å². The normalized spacial score (nSPS) is 16.9. The summed E-state index contributed by atoms with van der Waals surface area (Å²) in [5.74, 6) is -0.690. The van der Waals surface area contributed by atoms with E-state index in [0.717, 1.165) is 30.1 Å². The second-order valence-corrected chi connectivity index (χ2v) is 7.79. The molecule has 0 saturated carbocycles. The van der Waals surface area contributed by atoms with Crippen molar-refractivity contribution in [3.63, 3.8) is 0 Å². The van der Waals surface area contributed by atoms with Gasteiger partial charge in [-0.25, -0.2) is 14.5 Å². The molecule has 2 aromatic heterocycles. The summed E-state index contributed by atoms with van der Waals surface area (Å²) in [6.07, 6.45) is 5.18. The maximum Gasteiger partial charge on any atom is 0.339 e. The van der Waals surface area contributed by atoms with Crippen molar-refractivity contribution in [3.05, 3.63) is 63.9 Å². The molecule has 144 valence electrons. The summed E-state index contributed by atoms with van der Waals surface area (Å²) in [6, 6.07) is 7.13. The van der Waals surface area contributed by atoms with E-state index in [1.54, 1.807) is 47.2 Å². The Kier molecular flexibility index (Phi) is 4.95. The van der Waals surface area contributed by atoms with Gasteiger partial charge in [0.2, 0.25) is 0 Å². The largest absolute Gasteiger partial charge is 0.478 e. The van der Waals surface area contributed by atoms with Crippen molar-refractivity contribution in [2.75, 3.05) is 13.1 Å². The van der Waals surface area contributed by atoms with E-state index >= 15 is 0 Å². The standard InChI is InChI=1S/C20H20N4O3S/c1-13-17(20(26)27)11-22-24(13)16-6-4-14(5-7-16)19(25)23-9-2-3-15(12-23)18-21-8-10-28-18/h4-8,10-11,15H,2-3,9,12H2,1H3,(H,26,27). The van der Waals surface area contributed by atoms with Gasteiger partial charge in [0.15, 0.2) is 0 Å². The van der Waals surface area contributed by atoms with Crippen LogP contribution < -0.4 is 0 Å². The van der Waals surface area contributed by atoms with Crippen LogP contribution in [0.25, 0.3) is 5.69 Å². The summed E-state index contributed by atoms with van der Waals surface area (Å²) < 4.78 is 1.57. The molecule has 1 aliphatic heterocycles. The number of thiazole rings is 1. The molecule has 1 atom stereocenters. The fourth-order valence-corrected chi connectivity index (χ4v) is 4.37. The number of carbonyl (C=O) groups excluding carboxylic acids is 1. The monoisotopic (exact) mass is 396 g/mol. The number of carboxylic acids is 1. The first-order chi connectivity index (χ1) is 13.5. The second kappa shape index (κ2) is 7.55. The third kappa shape index (κ3) is 3.43. The highest BCUT2D eigenvalue weighted by atomic mass is 32.1. The number of likely N-dealkylation sites (tertiary alicyclic amines) is 1. The molecule has 0 bridgehead atoms. The third-order valence-electron chi connectivity index (χ3n) is 5.11. The Morgan fingerprint density at radius 2 is 2.04 bits per heavy atom. The van der Waals surface area contributed by atoms with Gasteiger partial charge in [0.05, 0.1) is 22.6 Å². The van der Waals surface area contributed by atoms with Gasteiger partial charge in [0.1, 0.15) is 5.56 Å². The van der Waals surface area contributed by atoms with Crippen LogP contribution in [-0.4, -0.2) is 49.7 Å². The Balaban J connectivity index is 1.50. The number of amides is 1. The second-order valence-electron chi connectivity index (χ2n) is 6.87. The van der Waals surface area contributed by atoms with Crippen LogP contribution in [0.5, 0.6) is 0 Å². The van der Waals surface area contributed by atoms with E-state index in [-0.39, 0.29) is 11.5 Å². The maximum atomic E-state index is 12.9. The molecule has 7 nitrogen and oxygen atoms in total. The lowest BCUT2D eigenvalue weighted by atomic mass is 9.98. The molecule has 1 unspecified atom stereocenters. The SMILES string of the molecule is Cc1c(C(=O)O)cnn1-c1ccc(C(=O)N2CCCC(c3nccs3)C2)cc1. The van der Waals surface area contributed by atoms with Gasteiger partial charge >= 0.3 is 5.97 Å². The van der Waals surface area contributed by atoms with E-state index in [1.807, 2.05) is 16.5 Å². The van der Waals surface area contributed by atoms with E-state index in [9.17, 15) is 9.59 Å². The van der Waals surface area contributed by atoms with Crippen molar-refractivity contribution in [2.45, 2.75) is 25.7 Å². The van der Waals surface area contributed by atoms with Crippen molar-refractivity contribution in [3.8, 4) is 5.69 Å². The Morgan fingerprint density at radius 1 is 1.25 bits per heavy atom. The van der Waals surface area contributed by atoms with Crippen LogP contribution in [0, 0.1) is 6.92 Å². The molecule has 0 spiro atoms. The van der Waals surface area contributed by atoms with E-state index in [2.05, 4.69) is 10.1 Å². The average Bonchev–Trinajstić information content (AvgIpc) is 3.38. The number of piperidine rings is 1. The van der Waals surface area contributed by atoms with E-state index < -0.39 is 5.97 Å². The first-order valence-corrected chi connectivity index (χ1v) is 9.99. The quantitative estimate of drug-likeness (QED) is 0.731. The van der Waals surface area contributed by atoms with Gasteiger partial charge in [-0.2, -0.15) is 5.10 Å². The molecule has 1 fully saturated rings. The number of nitrogens with zero attached hydrogens (tertiary/aromatic N) is 4. The zero-order valence-electron chi connectivity index (χ0n) is 15.4. The number of hydrogen-bond donors (Lipinski definition) is 1. The van der Waals surface area contributed by atoms with Crippen LogP contribution >= 0.6 is 11.3 Å². The van der Waals surface area contributed by atoms with Crippen molar-refractivity contribution in [1.29, 1.82) is 0 Å². The van der Waals surface area contributed by atoms with Crippen LogP contribution in [0.15, 0.2) is 42.0 Å². The van der Waals surface area contributed by atoms with Gasteiger partial charge < -0.3 is 10.0 Å². The topological polar surface area (TPSA) is 88.3 Å². The third-order valence-corrected chi connectivity index (χ3v) is 6.05. The Labute approximate surface area is 166 Å². The minimum Gasteiger partial charge on any atom is -0.478 e. The summed E-state index contributed by atoms with van der Waals surface area (Å²) in [5, 5.41) is 16.4. The summed E-state index contributed by atoms with van der Waals surface area (Å²) in [5.41, 5.74) is 2.06. The highest BCUT2D eigenvalue weighted by molar-refractivity contribution is 7.09. The minimum absolute atomic E-state index is 0.0104. The lowest BCUT2D eigenvalue weighted by Crippen LogP contribution is -2.39. The number of rotatable bonds is 4. The first-order valence-electron chi connectivity index (χ1n) is 9.11. The number of carbonyl (C=O) groups is 2. The van der Waals surface area contributed by atoms with Gasteiger partial charge in [-0.1, -0.05) is 0 Å².